The number of aromatic hydroxyl groups is 1. The Labute approximate surface area is 234 Å². The van der Waals surface area contributed by atoms with Gasteiger partial charge in [0.25, 0.3) is 0 Å². The van der Waals surface area contributed by atoms with Gasteiger partial charge in [-0.2, -0.15) is 9.97 Å². The van der Waals surface area contributed by atoms with E-state index in [0.717, 1.165) is 64.1 Å². The number of carbonyl (C=O) groups excluding carboxylic acids is 1. The van der Waals surface area contributed by atoms with Gasteiger partial charge in [0.15, 0.2) is 6.29 Å². The minimum atomic E-state index is -0.831. The number of aldehydes is 1. The van der Waals surface area contributed by atoms with E-state index >= 15 is 0 Å². The van der Waals surface area contributed by atoms with Crippen LogP contribution in [-0.4, -0.2) is 63.5 Å². The van der Waals surface area contributed by atoms with Gasteiger partial charge in [0.1, 0.15) is 11.6 Å². The van der Waals surface area contributed by atoms with Crippen molar-refractivity contribution in [1.82, 2.24) is 9.97 Å². The molecule has 3 heterocycles. The molecule has 1 aliphatic carbocycles. The third kappa shape index (κ3) is 4.56. The van der Waals surface area contributed by atoms with Crippen molar-refractivity contribution in [2.24, 2.45) is 5.41 Å². The van der Waals surface area contributed by atoms with E-state index in [2.05, 4.69) is 27.5 Å². The molecule has 1 saturated heterocycles. The van der Waals surface area contributed by atoms with E-state index in [4.69, 9.17) is 14.7 Å². The Kier molecular flexibility index (Phi) is 6.39. The molecule has 3 aliphatic rings. The lowest BCUT2D eigenvalue weighted by Crippen LogP contribution is -2.46. The second-order valence-corrected chi connectivity index (χ2v) is 12.4. The van der Waals surface area contributed by atoms with E-state index in [1.807, 2.05) is 30.0 Å². The van der Waals surface area contributed by atoms with Crippen LogP contribution in [0, 0.1) is 8.99 Å². The first-order chi connectivity index (χ1) is 18.2. The largest absolute Gasteiger partial charge is 0.506 e. The molecule has 6 rings (SSSR count). The van der Waals surface area contributed by atoms with Gasteiger partial charge < -0.3 is 29.9 Å². The van der Waals surface area contributed by atoms with Crippen LogP contribution in [0.5, 0.6) is 11.8 Å². The Hall–Kier alpha value is -2.70. The lowest BCUT2D eigenvalue weighted by atomic mass is 9.95. The van der Waals surface area contributed by atoms with Gasteiger partial charge in [-0.15, -0.1) is 0 Å². The molecule has 2 fully saturated rings. The van der Waals surface area contributed by atoms with Crippen LogP contribution in [-0.2, 0) is 13.1 Å². The number of ether oxygens (including phenoxy) is 1. The standard InChI is InChI=1S/C28H31IN4O5/c1-27(37)6-3-9-32(14-27)25-18-11-33(12-21(18)30-26(31-25)38-16-28(15-35)7-8-28)24-19(13-34)23-17(10-22(24)36)4-2-5-20(23)29/h2,4-5,10,13,35-37H,3,6-9,11-12,14-16H2,1H3/t27-/m1/s1. The SMILES string of the molecule is C[C@@]1(O)CCCN(c2nc(OCC3(CO)CC3)nc3c2CN(c2c(O)cc4cccc(I)c4c2C=O)C3)C1. The Morgan fingerprint density at radius 1 is 1.18 bits per heavy atom. The first kappa shape index (κ1) is 25.6. The lowest BCUT2D eigenvalue weighted by molar-refractivity contribution is 0.0445. The molecule has 2 aromatic carbocycles. The maximum Gasteiger partial charge on any atom is 0.318 e. The number of anilines is 2. The number of phenolic OH excluding ortho intramolecular Hbond substituents is 1. The smallest absolute Gasteiger partial charge is 0.318 e. The fraction of sp³-hybridized carbons (Fsp3) is 0.464. The van der Waals surface area contributed by atoms with Crippen LogP contribution < -0.4 is 14.5 Å². The maximum atomic E-state index is 12.4. The van der Waals surface area contributed by atoms with Crippen LogP contribution in [0.4, 0.5) is 11.5 Å². The zero-order valence-electron chi connectivity index (χ0n) is 21.3. The van der Waals surface area contributed by atoms with Gasteiger partial charge in [-0.3, -0.25) is 4.79 Å². The van der Waals surface area contributed by atoms with Crippen LogP contribution in [0.2, 0.25) is 0 Å². The molecule has 1 aromatic heterocycles. The summed E-state index contributed by atoms with van der Waals surface area (Å²) < 4.78 is 6.95. The summed E-state index contributed by atoms with van der Waals surface area (Å²) in [6.07, 6.45) is 4.20. The molecule has 9 nitrogen and oxygen atoms in total. The third-order valence-corrected chi connectivity index (χ3v) is 8.95. The van der Waals surface area contributed by atoms with E-state index in [-0.39, 0.29) is 23.8 Å². The van der Waals surface area contributed by atoms with E-state index in [1.165, 1.54) is 0 Å². The fourth-order valence-electron chi connectivity index (χ4n) is 5.71. The Balaban J connectivity index is 1.40. The lowest BCUT2D eigenvalue weighted by Gasteiger charge is -2.38. The van der Waals surface area contributed by atoms with Crippen LogP contribution in [0.15, 0.2) is 24.3 Å². The van der Waals surface area contributed by atoms with Crippen LogP contribution >= 0.6 is 22.6 Å². The maximum absolute atomic E-state index is 12.4. The van der Waals surface area contributed by atoms with Crippen molar-refractivity contribution in [1.29, 1.82) is 0 Å². The van der Waals surface area contributed by atoms with Crippen molar-refractivity contribution in [3.8, 4) is 11.8 Å². The number of hydrogen-bond donors (Lipinski definition) is 3. The molecule has 0 spiro atoms. The first-order valence-electron chi connectivity index (χ1n) is 13.0. The van der Waals surface area contributed by atoms with E-state index in [9.17, 15) is 20.1 Å². The van der Waals surface area contributed by atoms with E-state index in [0.29, 0.717) is 43.3 Å². The number of β-amino-alcohol motifs (C(OH)–C–C–N with tert-alkyl or cyclic N) is 1. The molecular weight excluding hydrogens is 599 g/mol. The number of aliphatic hydroxyl groups is 2. The second kappa shape index (κ2) is 9.49. The molecule has 0 unspecified atom stereocenters. The number of nitrogens with zero attached hydrogens (tertiary/aromatic N) is 4. The minimum absolute atomic E-state index is 0.0416. The van der Waals surface area contributed by atoms with Gasteiger partial charge in [0.05, 0.1) is 42.3 Å². The molecule has 0 amide bonds. The molecule has 2 aliphatic heterocycles. The number of aromatic nitrogens is 2. The van der Waals surface area contributed by atoms with Gasteiger partial charge >= 0.3 is 6.01 Å². The minimum Gasteiger partial charge on any atom is -0.506 e. The summed E-state index contributed by atoms with van der Waals surface area (Å²) in [6, 6.07) is 7.70. The molecule has 3 N–H and O–H groups in total. The van der Waals surface area contributed by atoms with Crippen LogP contribution in [0.25, 0.3) is 10.8 Å². The summed E-state index contributed by atoms with van der Waals surface area (Å²) in [5.41, 5.74) is 1.55. The number of carbonyl (C=O) groups is 1. The van der Waals surface area contributed by atoms with E-state index in [1.54, 1.807) is 6.07 Å². The van der Waals surface area contributed by atoms with Gasteiger partial charge in [-0.05, 0) is 72.7 Å². The molecule has 0 bridgehead atoms. The Morgan fingerprint density at radius 3 is 2.71 bits per heavy atom. The summed E-state index contributed by atoms with van der Waals surface area (Å²) in [5.74, 6) is 0.753. The molecule has 10 heteroatoms. The number of benzene rings is 2. The summed E-state index contributed by atoms with van der Waals surface area (Å²) >= 11 is 2.22. The number of piperidine rings is 1. The number of rotatable bonds is 7. The first-order valence-corrected chi connectivity index (χ1v) is 14.1. The van der Waals surface area contributed by atoms with E-state index < -0.39 is 5.60 Å². The van der Waals surface area contributed by atoms with Crippen molar-refractivity contribution >= 4 is 51.2 Å². The van der Waals surface area contributed by atoms with Crippen molar-refractivity contribution in [2.45, 2.75) is 51.3 Å². The number of aliphatic hydroxyl groups excluding tert-OH is 1. The normalized spacial score (nSPS) is 22.0. The van der Waals surface area contributed by atoms with Crippen molar-refractivity contribution in [3.63, 3.8) is 0 Å². The number of fused-ring (bicyclic) bond motifs is 2. The highest BCUT2D eigenvalue weighted by molar-refractivity contribution is 14.1. The topological polar surface area (TPSA) is 119 Å². The zero-order valence-corrected chi connectivity index (χ0v) is 23.4. The Morgan fingerprint density at radius 2 is 2.00 bits per heavy atom. The van der Waals surface area contributed by atoms with Crippen molar-refractivity contribution < 1.29 is 24.9 Å². The monoisotopic (exact) mass is 630 g/mol. The molecule has 0 radical (unpaired) electrons. The molecule has 1 atom stereocenters. The molecule has 3 aromatic rings. The van der Waals surface area contributed by atoms with Crippen molar-refractivity contribution in [2.75, 3.05) is 36.1 Å². The Bertz CT molecular complexity index is 1420. The van der Waals surface area contributed by atoms with Gasteiger partial charge in [-0.25, -0.2) is 0 Å². The van der Waals surface area contributed by atoms with Crippen LogP contribution in [0.3, 0.4) is 0 Å². The average Bonchev–Trinajstić information content (AvgIpc) is 3.55. The molecule has 200 valence electrons. The van der Waals surface area contributed by atoms with Crippen LogP contribution in [0.1, 0.15) is 54.2 Å². The highest BCUT2D eigenvalue weighted by Gasteiger charge is 2.43. The molecular formula is C28H31IN4O5. The number of halogens is 1. The highest BCUT2D eigenvalue weighted by atomic mass is 127. The zero-order chi connectivity index (χ0) is 26.7. The quantitative estimate of drug-likeness (QED) is 0.265. The van der Waals surface area contributed by atoms with Gasteiger partial charge in [-0.1, -0.05) is 12.1 Å². The van der Waals surface area contributed by atoms with Crippen molar-refractivity contribution in [3.05, 3.63) is 44.7 Å². The third-order valence-electron chi connectivity index (χ3n) is 8.05. The predicted octanol–water partition coefficient (Wildman–Crippen LogP) is 3.78. The summed E-state index contributed by atoms with van der Waals surface area (Å²) in [6.45, 7) is 4.24. The fourth-order valence-corrected chi connectivity index (χ4v) is 6.52. The summed E-state index contributed by atoms with van der Waals surface area (Å²) in [7, 11) is 0. The average molecular weight is 630 g/mol. The molecule has 38 heavy (non-hydrogen) atoms. The molecule has 1 saturated carbocycles. The van der Waals surface area contributed by atoms with Gasteiger partial charge in [0, 0.05) is 39.6 Å². The van der Waals surface area contributed by atoms with Gasteiger partial charge in [0.2, 0.25) is 0 Å². The summed E-state index contributed by atoms with van der Waals surface area (Å²) in [5, 5.41) is 33.2. The predicted molar refractivity (Wildman–Crippen MR) is 152 cm³/mol. The number of hydrogen-bond acceptors (Lipinski definition) is 9. The summed E-state index contributed by atoms with van der Waals surface area (Å²) in [4.78, 5) is 26.0. The highest BCUT2D eigenvalue weighted by Crippen LogP contribution is 2.46. The second-order valence-electron chi connectivity index (χ2n) is 11.2. The number of phenols is 1.